The molecular weight excluding hydrogens is 214 g/mol. The zero-order valence-electron chi connectivity index (χ0n) is 8.84. The molecule has 0 unspecified atom stereocenters. The van der Waals surface area contributed by atoms with Gasteiger partial charge in [0.25, 0.3) is 0 Å². The third kappa shape index (κ3) is 3.70. The Balaban J connectivity index is 2.32. The van der Waals surface area contributed by atoms with Crippen LogP contribution in [0.5, 0.6) is 0 Å². The molecule has 0 spiro atoms. The topological polar surface area (TPSA) is 93.5 Å². The van der Waals surface area contributed by atoms with Crippen molar-refractivity contribution in [3.63, 3.8) is 0 Å². The van der Waals surface area contributed by atoms with E-state index in [0.717, 1.165) is 0 Å². The number of amides is 1. The standard InChI is InChI=1S/C9H13N3O4/c1-16-5-8(13)10-2-3-12-4-7(9(14)15)11-6-12/h4,6H,2-3,5H2,1H3,(H,10,13)(H,14,15). The van der Waals surface area contributed by atoms with E-state index >= 15 is 0 Å². The molecule has 0 radical (unpaired) electrons. The van der Waals surface area contributed by atoms with Crippen LogP contribution in [-0.4, -0.2) is 46.8 Å². The summed E-state index contributed by atoms with van der Waals surface area (Å²) < 4.78 is 6.23. The average molecular weight is 227 g/mol. The molecule has 0 saturated heterocycles. The van der Waals surface area contributed by atoms with Crippen LogP contribution in [0.2, 0.25) is 0 Å². The number of nitrogens with one attached hydrogen (secondary N) is 1. The lowest BCUT2D eigenvalue weighted by Gasteiger charge is -2.04. The second-order valence-corrected chi connectivity index (χ2v) is 3.08. The summed E-state index contributed by atoms with van der Waals surface area (Å²) in [5, 5.41) is 11.2. The number of hydrogen-bond donors (Lipinski definition) is 2. The Morgan fingerprint density at radius 2 is 2.38 bits per heavy atom. The summed E-state index contributed by atoms with van der Waals surface area (Å²) in [6.45, 7) is 0.887. The Morgan fingerprint density at radius 3 is 2.94 bits per heavy atom. The van der Waals surface area contributed by atoms with Gasteiger partial charge in [0.1, 0.15) is 6.61 Å². The molecule has 0 aromatic carbocycles. The molecule has 7 heteroatoms. The van der Waals surface area contributed by atoms with Crippen LogP contribution in [0.15, 0.2) is 12.5 Å². The Bertz CT molecular complexity index is 375. The molecule has 2 N–H and O–H groups in total. The first kappa shape index (κ1) is 12.2. The number of carbonyl (C=O) groups excluding carboxylic acids is 1. The van der Waals surface area contributed by atoms with Gasteiger partial charge in [0.05, 0.1) is 6.33 Å². The highest BCUT2D eigenvalue weighted by molar-refractivity contribution is 5.84. The smallest absolute Gasteiger partial charge is 0.356 e. The van der Waals surface area contributed by atoms with Crippen LogP contribution in [0, 0.1) is 0 Å². The highest BCUT2D eigenvalue weighted by Crippen LogP contribution is 1.95. The number of hydrogen-bond acceptors (Lipinski definition) is 4. The Labute approximate surface area is 92.0 Å². The van der Waals surface area contributed by atoms with Crippen molar-refractivity contribution in [2.24, 2.45) is 0 Å². The van der Waals surface area contributed by atoms with Crippen molar-refractivity contribution in [1.82, 2.24) is 14.9 Å². The molecule has 1 heterocycles. The normalized spacial score (nSPS) is 10.1. The summed E-state index contributed by atoms with van der Waals surface area (Å²) in [4.78, 5) is 25.2. The lowest BCUT2D eigenvalue weighted by molar-refractivity contribution is -0.124. The van der Waals surface area contributed by atoms with Crippen molar-refractivity contribution in [3.05, 3.63) is 18.2 Å². The summed E-state index contributed by atoms with van der Waals surface area (Å²) >= 11 is 0. The molecule has 16 heavy (non-hydrogen) atoms. The number of ether oxygens (including phenoxy) is 1. The van der Waals surface area contributed by atoms with Crippen LogP contribution in [0.25, 0.3) is 0 Å². The van der Waals surface area contributed by atoms with E-state index < -0.39 is 5.97 Å². The zero-order chi connectivity index (χ0) is 12.0. The van der Waals surface area contributed by atoms with E-state index in [4.69, 9.17) is 5.11 Å². The van der Waals surface area contributed by atoms with Crippen LogP contribution in [0.4, 0.5) is 0 Å². The Hall–Kier alpha value is -1.89. The van der Waals surface area contributed by atoms with Gasteiger partial charge in [0.2, 0.25) is 5.91 Å². The largest absolute Gasteiger partial charge is 0.476 e. The first-order valence-electron chi connectivity index (χ1n) is 4.64. The van der Waals surface area contributed by atoms with Crippen molar-refractivity contribution >= 4 is 11.9 Å². The molecule has 1 aromatic rings. The molecule has 0 saturated carbocycles. The fraction of sp³-hybridized carbons (Fsp3) is 0.444. The Kier molecular flexibility index (Phi) is 4.46. The van der Waals surface area contributed by atoms with Crippen LogP contribution in [-0.2, 0) is 16.1 Å². The molecule has 1 aromatic heterocycles. The summed E-state index contributed by atoms with van der Waals surface area (Å²) in [6, 6.07) is 0. The number of aromatic nitrogens is 2. The van der Waals surface area contributed by atoms with Crippen LogP contribution in [0.3, 0.4) is 0 Å². The minimum Gasteiger partial charge on any atom is -0.476 e. The molecule has 88 valence electrons. The van der Waals surface area contributed by atoms with E-state index in [1.165, 1.54) is 19.6 Å². The summed E-state index contributed by atoms with van der Waals surface area (Å²) in [5.41, 5.74) is -0.0109. The number of methoxy groups -OCH3 is 1. The van der Waals surface area contributed by atoms with Crippen LogP contribution >= 0.6 is 0 Å². The minimum atomic E-state index is -1.07. The number of rotatable bonds is 6. The average Bonchev–Trinajstić information content (AvgIpc) is 2.67. The summed E-state index contributed by atoms with van der Waals surface area (Å²) in [6.07, 6.45) is 2.82. The van der Waals surface area contributed by atoms with Gasteiger partial charge in [0, 0.05) is 26.4 Å². The van der Waals surface area contributed by atoms with E-state index in [1.54, 1.807) is 4.57 Å². The van der Waals surface area contributed by atoms with Crippen molar-refractivity contribution in [2.75, 3.05) is 20.3 Å². The van der Waals surface area contributed by atoms with Gasteiger partial charge in [-0.3, -0.25) is 4.79 Å². The van der Waals surface area contributed by atoms with E-state index in [-0.39, 0.29) is 18.2 Å². The van der Waals surface area contributed by atoms with Gasteiger partial charge in [-0.15, -0.1) is 0 Å². The van der Waals surface area contributed by atoms with Crippen LogP contribution < -0.4 is 5.32 Å². The zero-order valence-corrected chi connectivity index (χ0v) is 8.84. The first-order chi connectivity index (χ1) is 7.63. The van der Waals surface area contributed by atoms with Gasteiger partial charge in [-0.05, 0) is 0 Å². The summed E-state index contributed by atoms with van der Waals surface area (Å²) in [7, 11) is 1.44. The maximum absolute atomic E-state index is 11.0. The molecule has 1 rings (SSSR count). The van der Waals surface area contributed by atoms with Crippen molar-refractivity contribution in [2.45, 2.75) is 6.54 Å². The summed E-state index contributed by atoms with van der Waals surface area (Å²) in [5.74, 6) is -1.27. The third-order valence-electron chi connectivity index (χ3n) is 1.82. The maximum atomic E-state index is 11.0. The quantitative estimate of drug-likeness (QED) is 0.673. The maximum Gasteiger partial charge on any atom is 0.356 e. The van der Waals surface area contributed by atoms with Crippen molar-refractivity contribution < 1.29 is 19.4 Å². The predicted molar refractivity (Wildman–Crippen MR) is 54.1 cm³/mol. The number of carboxylic acid groups (broad SMARTS) is 1. The fourth-order valence-corrected chi connectivity index (χ4v) is 1.10. The molecule has 0 aliphatic rings. The SMILES string of the molecule is COCC(=O)NCCn1cnc(C(=O)O)c1. The number of carbonyl (C=O) groups is 2. The molecule has 0 fully saturated rings. The lowest BCUT2D eigenvalue weighted by atomic mass is 10.5. The van der Waals surface area contributed by atoms with Gasteiger partial charge < -0.3 is 19.7 Å². The number of nitrogens with zero attached hydrogens (tertiary/aromatic N) is 2. The van der Waals surface area contributed by atoms with Crippen molar-refractivity contribution in [1.29, 1.82) is 0 Å². The van der Waals surface area contributed by atoms with Gasteiger partial charge in [0.15, 0.2) is 5.69 Å². The Morgan fingerprint density at radius 1 is 1.62 bits per heavy atom. The minimum absolute atomic E-state index is 0.0109. The van der Waals surface area contributed by atoms with E-state index in [9.17, 15) is 9.59 Å². The van der Waals surface area contributed by atoms with Gasteiger partial charge >= 0.3 is 5.97 Å². The van der Waals surface area contributed by atoms with E-state index in [1.807, 2.05) is 0 Å². The number of aromatic carboxylic acids is 1. The molecule has 7 nitrogen and oxygen atoms in total. The third-order valence-corrected chi connectivity index (χ3v) is 1.82. The van der Waals surface area contributed by atoms with Gasteiger partial charge in [-0.25, -0.2) is 9.78 Å². The predicted octanol–water partition coefficient (Wildman–Crippen LogP) is -0.656. The van der Waals surface area contributed by atoms with Gasteiger partial charge in [-0.1, -0.05) is 0 Å². The second-order valence-electron chi connectivity index (χ2n) is 3.08. The molecule has 0 atom stereocenters. The first-order valence-corrected chi connectivity index (χ1v) is 4.64. The fourth-order valence-electron chi connectivity index (χ4n) is 1.10. The molecule has 0 bridgehead atoms. The molecule has 0 aliphatic heterocycles. The number of carboxylic acids is 1. The van der Waals surface area contributed by atoms with Crippen LogP contribution in [0.1, 0.15) is 10.5 Å². The monoisotopic (exact) mass is 227 g/mol. The lowest BCUT2D eigenvalue weighted by Crippen LogP contribution is -2.29. The molecule has 1 amide bonds. The molecular formula is C9H13N3O4. The van der Waals surface area contributed by atoms with Crippen molar-refractivity contribution in [3.8, 4) is 0 Å². The molecule has 0 aliphatic carbocycles. The van der Waals surface area contributed by atoms with Gasteiger partial charge in [-0.2, -0.15) is 0 Å². The van der Waals surface area contributed by atoms with E-state index in [0.29, 0.717) is 13.1 Å². The number of imidazole rings is 1. The highest BCUT2D eigenvalue weighted by Gasteiger charge is 2.06. The van der Waals surface area contributed by atoms with E-state index in [2.05, 4.69) is 15.0 Å². The highest BCUT2D eigenvalue weighted by atomic mass is 16.5. The second kappa shape index (κ2) is 5.86.